The normalized spacial score (nSPS) is 15.2. The number of nitrogens with one attached hydrogen (secondary N) is 1. The van der Waals surface area contributed by atoms with Crippen LogP contribution in [-0.4, -0.2) is 43.5 Å². The number of hydrazone groups is 1. The molecule has 1 aliphatic rings. The molecule has 1 aliphatic heterocycles. The Morgan fingerprint density at radius 3 is 2.66 bits per heavy atom. The second kappa shape index (κ2) is 8.27. The van der Waals surface area contributed by atoms with E-state index in [2.05, 4.69) is 14.8 Å². The molecule has 0 fully saturated rings. The molecule has 1 amide bonds. The van der Waals surface area contributed by atoms with Crippen LogP contribution in [0.2, 0.25) is 0 Å². The molecule has 0 aliphatic carbocycles. The van der Waals surface area contributed by atoms with E-state index in [1.807, 2.05) is 43.4 Å². The van der Waals surface area contributed by atoms with Crippen LogP contribution in [0.25, 0.3) is 0 Å². The van der Waals surface area contributed by atoms with E-state index in [1.54, 1.807) is 30.3 Å². The van der Waals surface area contributed by atoms with Crippen molar-refractivity contribution < 1.29 is 17.6 Å². The Balaban J connectivity index is 1.89. The van der Waals surface area contributed by atoms with Gasteiger partial charge in [-0.1, -0.05) is 12.1 Å². The molecule has 0 saturated heterocycles. The van der Waals surface area contributed by atoms with Gasteiger partial charge in [-0.3, -0.25) is 4.79 Å². The van der Waals surface area contributed by atoms with Crippen molar-refractivity contribution in [1.29, 1.82) is 0 Å². The monoisotopic (exact) mass is 528 g/mol. The number of carbonyl (C=O) groups excluding carboxylic acids is 1. The maximum Gasteiger partial charge on any atom is 0.285 e. The van der Waals surface area contributed by atoms with Crippen molar-refractivity contribution in [1.82, 2.24) is 10.3 Å². The molecular formula is C19H21IN4O4S. The van der Waals surface area contributed by atoms with Gasteiger partial charge in [-0.25, -0.2) is 5.01 Å². The lowest BCUT2D eigenvalue weighted by molar-refractivity contribution is -0.122. The maximum absolute atomic E-state index is 12.4. The van der Waals surface area contributed by atoms with Crippen LogP contribution in [0.5, 0.6) is 0 Å². The van der Waals surface area contributed by atoms with E-state index in [4.69, 9.17) is 4.42 Å². The molecule has 0 saturated carbocycles. The zero-order valence-corrected chi connectivity index (χ0v) is 19.2. The van der Waals surface area contributed by atoms with Crippen LogP contribution >= 0.6 is 22.6 Å². The maximum atomic E-state index is 12.4. The topological polar surface area (TPSA) is 104 Å². The Hall–Kier alpha value is -2.21. The molecule has 0 atom stereocenters. The molecule has 2 heterocycles. The number of furan rings is 1. The van der Waals surface area contributed by atoms with Crippen LogP contribution in [0.4, 0.5) is 0 Å². The fourth-order valence-electron chi connectivity index (χ4n) is 2.71. The van der Waals surface area contributed by atoms with Crippen LogP contribution in [0, 0.1) is 3.77 Å². The van der Waals surface area contributed by atoms with Gasteiger partial charge in [0.1, 0.15) is 10.7 Å². The fraction of sp³-hybridized carbons (Fsp3) is 0.316. The van der Waals surface area contributed by atoms with Crippen LogP contribution in [0.1, 0.15) is 38.5 Å². The summed E-state index contributed by atoms with van der Waals surface area (Å²) in [4.78, 5) is 12.4. The minimum Gasteiger partial charge on any atom is -0.449 e. The first-order valence-corrected chi connectivity index (χ1v) is 11.4. The van der Waals surface area contributed by atoms with E-state index in [1.165, 1.54) is 17.3 Å². The number of halogens is 1. The summed E-state index contributed by atoms with van der Waals surface area (Å²) >= 11 is 2.04. The number of rotatable bonds is 5. The SMILES string of the molecule is CC(C)(C)NC(=O)CCN(/N=C/c1ccc(I)o1)C1=NS(=O)(=O)c2ccccc21. The number of nitrogens with zero attached hydrogens (tertiary/aromatic N) is 3. The van der Waals surface area contributed by atoms with Crippen molar-refractivity contribution in [3.05, 3.63) is 51.5 Å². The second-order valence-corrected chi connectivity index (χ2v) is 10.1. The molecule has 3 rings (SSSR count). The largest absolute Gasteiger partial charge is 0.449 e. The zero-order valence-electron chi connectivity index (χ0n) is 16.2. The Morgan fingerprint density at radius 1 is 1.28 bits per heavy atom. The fourth-order valence-corrected chi connectivity index (χ4v) is 4.35. The van der Waals surface area contributed by atoms with E-state index in [0.29, 0.717) is 15.1 Å². The van der Waals surface area contributed by atoms with Gasteiger partial charge in [0, 0.05) is 17.5 Å². The molecule has 0 unspecified atom stereocenters. The van der Waals surface area contributed by atoms with Gasteiger partial charge < -0.3 is 9.73 Å². The summed E-state index contributed by atoms with van der Waals surface area (Å²) in [6.07, 6.45) is 1.59. The van der Waals surface area contributed by atoms with E-state index >= 15 is 0 Å². The van der Waals surface area contributed by atoms with Crippen molar-refractivity contribution in [3.8, 4) is 0 Å². The van der Waals surface area contributed by atoms with Gasteiger partial charge in [0.15, 0.2) is 9.60 Å². The van der Waals surface area contributed by atoms with E-state index < -0.39 is 10.0 Å². The lowest BCUT2D eigenvalue weighted by Gasteiger charge is -2.22. The molecule has 154 valence electrons. The summed E-state index contributed by atoms with van der Waals surface area (Å²) in [6, 6.07) is 10.1. The summed E-state index contributed by atoms with van der Waals surface area (Å²) in [5, 5.41) is 8.66. The number of sulfonamides is 1. The van der Waals surface area contributed by atoms with Crippen molar-refractivity contribution >= 4 is 50.6 Å². The number of hydrogen-bond donors (Lipinski definition) is 1. The first-order chi connectivity index (χ1) is 13.5. The van der Waals surface area contributed by atoms with Gasteiger partial charge in [-0.2, -0.15) is 13.5 Å². The Bertz CT molecular complexity index is 1080. The highest BCUT2D eigenvalue weighted by molar-refractivity contribution is 14.1. The first-order valence-electron chi connectivity index (χ1n) is 8.87. The van der Waals surface area contributed by atoms with Crippen molar-refractivity contribution in [2.75, 3.05) is 6.54 Å². The minimum atomic E-state index is -3.80. The highest BCUT2D eigenvalue weighted by Crippen LogP contribution is 2.27. The molecule has 1 N–H and O–H groups in total. The average Bonchev–Trinajstić information content (AvgIpc) is 3.15. The van der Waals surface area contributed by atoms with Gasteiger partial charge in [-0.15, -0.1) is 4.40 Å². The van der Waals surface area contributed by atoms with E-state index in [0.717, 1.165) is 0 Å². The molecular weight excluding hydrogens is 507 g/mol. The lowest BCUT2D eigenvalue weighted by Crippen LogP contribution is -2.42. The van der Waals surface area contributed by atoms with Gasteiger partial charge in [0.2, 0.25) is 5.91 Å². The van der Waals surface area contributed by atoms with Crippen LogP contribution in [0.15, 0.2) is 55.2 Å². The molecule has 0 bridgehead atoms. The molecule has 8 nitrogen and oxygen atoms in total. The smallest absolute Gasteiger partial charge is 0.285 e. The van der Waals surface area contributed by atoms with Gasteiger partial charge in [-0.05, 0) is 67.6 Å². The summed E-state index contributed by atoms with van der Waals surface area (Å²) in [5.41, 5.74) is 0.0894. The average molecular weight is 528 g/mol. The highest BCUT2D eigenvalue weighted by atomic mass is 127. The van der Waals surface area contributed by atoms with Gasteiger partial charge in [0.25, 0.3) is 10.0 Å². The van der Waals surface area contributed by atoms with Gasteiger partial charge >= 0.3 is 0 Å². The predicted octanol–water partition coefficient (Wildman–Crippen LogP) is 2.97. The van der Waals surface area contributed by atoms with Crippen LogP contribution in [-0.2, 0) is 14.8 Å². The predicted molar refractivity (Wildman–Crippen MR) is 118 cm³/mol. The standard InChI is InChI=1S/C19H21IN4O4S/c1-19(2,3)22-17(25)10-11-24(21-12-13-8-9-16(20)28-13)18-14-6-4-5-7-15(14)29(26,27)23-18/h4-9,12H,10-11H2,1-3H3,(H,22,25)/b21-12+. The van der Waals surface area contributed by atoms with Crippen LogP contribution < -0.4 is 5.32 Å². The summed E-state index contributed by atoms with van der Waals surface area (Å²) in [6.45, 7) is 5.83. The molecule has 1 aromatic heterocycles. The summed E-state index contributed by atoms with van der Waals surface area (Å²) in [5.74, 6) is 0.523. The molecule has 10 heteroatoms. The van der Waals surface area contributed by atoms with Crippen LogP contribution in [0.3, 0.4) is 0 Å². The Morgan fingerprint density at radius 2 is 2.00 bits per heavy atom. The molecule has 0 radical (unpaired) electrons. The zero-order chi connectivity index (χ0) is 21.2. The lowest BCUT2D eigenvalue weighted by atomic mass is 10.1. The number of carbonyl (C=O) groups is 1. The molecule has 2 aromatic rings. The second-order valence-electron chi connectivity index (χ2n) is 7.44. The Labute approximate surface area is 183 Å². The third-order valence-electron chi connectivity index (χ3n) is 3.84. The molecule has 29 heavy (non-hydrogen) atoms. The van der Waals surface area contributed by atoms with Crippen molar-refractivity contribution in [3.63, 3.8) is 0 Å². The molecule has 1 aromatic carbocycles. The highest BCUT2D eigenvalue weighted by Gasteiger charge is 2.32. The van der Waals surface area contributed by atoms with E-state index in [9.17, 15) is 13.2 Å². The molecule has 0 spiro atoms. The van der Waals surface area contributed by atoms with Gasteiger partial charge in [0.05, 0.1) is 12.8 Å². The summed E-state index contributed by atoms with van der Waals surface area (Å²) in [7, 11) is -3.80. The Kier molecular flexibility index (Phi) is 6.13. The third-order valence-corrected chi connectivity index (χ3v) is 5.75. The first kappa shape index (κ1) is 21.5. The third kappa shape index (κ3) is 5.44. The van der Waals surface area contributed by atoms with Crippen molar-refractivity contribution in [2.45, 2.75) is 37.6 Å². The summed E-state index contributed by atoms with van der Waals surface area (Å²) < 4.78 is 34.9. The minimum absolute atomic E-state index is 0.117. The number of hydrogen-bond acceptors (Lipinski definition) is 6. The quantitative estimate of drug-likeness (QED) is 0.365. The number of amides is 1. The number of amidine groups is 1. The van der Waals surface area contributed by atoms with E-state index in [-0.39, 0.29) is 35.1 Å². The number of benzene rings is 1. The van der Waals surface area contributed by atoms with Crippen molar-refractivity contribution in [2.24, 2.45) is 9.50 Å². The number of fused-ring (bicyclic) bond motifs is 1.